The van der Waals surface area contributed by atoms with E-state index in [1.54, 1.807) is 19.5 Å². The standard InChI is InChI=1S/C19H27N5O2.C2HF3O2/c1-23(2)19-21-10-16(11-22-19)15-9-17(18(25)20-7-4-8-26-3)24(13-15)12-14-5-6-14;3-2(4,5)1(6)7/h9-11,13-14H,4-8,12H2,1-3H3,(H,20,25);(H,6,7). The lowest BCUT2D eigenvalue weighted by atomic mass is 10.2. The van der Waals surface area contributed by atoms with Gasteiger partial charge in [0.25, 0.3) is 5.91 Å². The highest BCUT2D eigenvalue weighted by atomic mass is 19.4. The minimum Gasteiger partial charge on any atom is -0.475 e. The molecule has 0 atom stereocenters. The molecule has 1 aliphatic carbocycles. The van der Waals surface area contributed by atoms with E-state index in [4.69, 9.17) is 14.6 Å². The minimum absolute atomic E-state index is 0.0427. The number of alkyl halides is 3. The van der Waals surface area contributed by atoms with Gasteiger partial charge in [-0.3, -0.25) is 4.79 Å². The van der Waals surface area contributed by atoms with Crippen molar-refractivity contribution in [2.75, 3.05) is 39.3 Å². The van der Waals surface area contributed by atoms with Crippen molar-refractivity contribution in [3.05, 3.63) is 30.4 Å². The van der Waals surface area contributed by atoms with Crippen molar-refractivity contribution in [1.29, 1.82) is 0 Å². The Hall–Kier alpha value is -3.15. The van der Waals surface area contributed by atoms with E-state index in [1.165, 1.54) is 12.8 Å². The van der Waals surface area contributed by atoms with E-state index in [1.807, 2.05) is 31.3 Å². The summed E-state index contributed by atoms with van der Waals surface area (Å²) in [6.45, 7) is 2.14. The van der Waals surface area contributed by atoms with Crippen LogP contribution in [-0.2, 0) is 16.1 Å². The van der Waals surface area contributed by atoms with Crippen molar-refractivity contribution < 1.29 is 32.6 Å². The highest BCUT2D eigenvalue weighted by molar-refractivity contribution is 5.94. The fourth-order valence-corrected chi connectivity index (χ4v) is 2.80. The molecule has 0 aliphatic heterocycles. The van der Waals surface area contributed by atoms with Gasteiger partial charge in [-0.05, 0) is 31.2 Å². The van der Waals surface area contributed by atoms with Gasteiger partial charge in [0.2, 0.25) is 5.95 Å². The van der Waals surface area contributed by atoms with Crippen LogP contribution in [0.5, 0.6) is 0 Å². The van der Waals surface area contributed by atoms with Crippen LogP contribution in [-0.4, -0.2) is 72.1 Å². The summed E-state index contributed by atoms with van der Waals surface area (Å²) in [5.41, 5.74) is 2.58. The lowest BCUT2D eigenvalue weighted by Crippen LogP contribution is -2.27. The molecule has 33 heavy (non-hydrogen) atoms. The van der Waals surface area contributed by atoms with Crippen molar-refractivity contribution in [1.82, 2.24) is 19.9 Å². The molecule has 1 amide bonds. The lowest BCUT2D eigenvalue weighted by molar-refractivity contribution is -0.192. The number of carbonyl (C=O) groups excluding carboxylic acids is 1. The molecular formula is C21H28F3N5O4. The number of carbonyl (C=O) groups is 2. The molecule has 2 heterocycles. The van der Waals surface area contributed by atoms with Crippen molar-refractivity contribution in [3.63, 3.8) is 0 Å². The Bertz CT molecular complexity index is 925. The van der Waals surface area contributed by atoms with E-state index >= 15 is 0 Å². The number of halogens is 3. The highest BCUT2D eigenvalue weighted by Crippen LogP contribution is 2.32. The van der Waals surface area contributed by atoms with E-state index in [9.17, 15) is 18.0 Å². The van der Waals surface area contributed by atoms with Crippen LogP contribution in [0.25, 0.3) is 11.1 Å². The quantitative estimate of drug-likeness (QED) is 0.541. The summed E-state index contributed by atoms with van der Waals surface area (Å²) in [4.78, 5) is 32.1. The number of amides is 1. The highest BCUT2D eigenvalue weighted by Gasteiger charge is 2.38. The molecule has 0 bridgehead atoms. The normalized spacial score (nSPS) is 13.2. The monoisotopic (exact) mass is 471 g/mol. The number of hydrogen-bond donors (Lipinski definition) is 2. The second kappa shape index (κ2) is 11.6. The second-order valence-corrected chi connectivity index (χ2v) is 7.78. The van der Waals surface area contributed by atoms with E-state index in [0.29, 0.717) is 30.7 Å². The Morgan fingerprint density at radius 3 is 2.33 bits per heavy atom. The molecule has 12 heteroatoms. The summed E-state index contributed by atoms with van der Waals surface area (Å²) < 4.78 is 38.8. The molecule has 2 N–H and O–H groups in total. The first-order chi connectivity index (χ1) is 15.5. The molecule has 2 aromatic heterocycles. The molecule has 0 radical (unpaired) electrons. The summed E-state index contributed by atoms with van der Waals surface area (Å²) in [6.07, 6.45) is 3.85. The fourth-order valence-electron chi connectivity index (χ4n) is 2.80. The number of nitrogens with zero attached hydrogens (tertiary/aromatic N) is 4. The molecule has 182 valence electrons. The Morgan fingerprint density at radius 1 is 1.24 bits per heavy atom. The molecule has 1 saturated carbocycles. The predicted molar refractivity (Wildman–Crippen MR) is 115 cm³/mol. The van der Waals surface area contributed by atoms with Crippen LogP contribution in [0.4, 0.5) is 19.1 Å². The van der Waals surface area contributed by atoms with Gasteiger partial charge >= 0.3 is 12.1 Å². The Balaban J connectivity index is 0.000000479. The number of methoxy groups -OCH3 is 1. The third-order valence-corrected chi connectivity index (χ3v) is 4.71. The molecule has 0 saturated heterocycles. The SMILES string of the molecule is COCCCNC(=O)c1cc(-c2cnc(N(C)C)nc2)cn1CC1CC1.O=C(O)C(F)(F)F. The van der Waals surface area contributed by atoms with Crippen LogP contribution in [0.1, 0.15) is 29.8 Å². The molecular weight excluding hydrogens is 443 g/mol. The summed E-state index contributed by atoms with van der Waals surface area (Å²) in [7, 11) is 5.48. The van der Waals surface area contributed by atoms with Crippen LogP contribution < -0.4 is 10.2 Å². The molecule has 1 fully saturated rings. The number of anilines is 1. The first kappa shape index (κ1) is 26.1. The maximum atomic E-state index is 12.6. The van der Waals surface area contributed by atoms with Crippen molar-refractivity contribution in [2.45, 2.75) is 32.0 Å². The summed E-state index contributed by atoms with van der Waals surface area (Å²) in [5, 5.41) is 10.1. The minimum atomic E-state index is -5.08. The molecule has 2 aromatic rings. The van der Waals surface area contributed by atoms with Gasteiger partial charge in [-0.25, -0.2) is 14.8 Å². The Kier molecular flexibility index (Phi) is 9.21. The average Bonchev–Trinajstić information content (AvgIpc) is 3.47. The van der Waals surface area contributed by atoms with Crippen LogP contribution in [0, 0.1) is 5.92 Å². The molecule has 0 aromatic carbocycles. The number of aliphatic carboxylic acids is 1. The zero-order valence-electron chi connectivity index (χ0n) is 18.7. The number of carboxylic acids is 1. The predicted octanol–water partition coefficient (Wildman–Crippen LogP) is 2.82. The Labute approximate surface area is 189 Å². The average molecular weight is 471 g/mol. The molecule has 1 aliphatic rings. The van der Waals surface area contributed by atoms with Crippen molar-refractivity contribution >= 4 is 17.8 Å². The topological polar surface area (TPSA) is 110 Å². The Morgan fingerprint density at radius 2 is 1.85 bits per heavy atom. The summed E-state index contributed by atoms with van der Waals surface area (Å²) in [5.74, 6) is -1.45. The summed E-state index contributed by atoms with van der Waals surface area (Å²) in [6, 6.07) is 1.93. The van der Waals surface area contributed by atoms with Gasteiger partial charge in [-0.2, -0.15) is 13.2 Å². The van der Waals surface area contributed by atoms with Crippen LogP contribution >= 0.6 is 0 Å². The van der Waals surface area contributed by atoms with E-state index in [2.05, 4.69) is 19.9 Å². The first-order valence-corrected chi connectivity index (χ1v) is 10.3. The van der Waals surface area contributed by atoms with E-state index < -0.39 is 12.1 Å². The van der Waals surface area contributed by atoms with Gasteiger partial charge in [0, 0.05) is 70.6 Å². The smallest absolute Gasteiger partial charge is 0.475 e. The third-order valence-electron chi connectivity index (χ3n) is 4.71. The lowest BCUT2D eigenvalue weighted by Gasteiger charge is -2.09. The van der Waals surface area contributed by atoms with Gasteiger partial charge < -0.3 is 24.6 Å². The van der Waals surface area contributed by atoms with Crippen molar-refractivity contribution in [2.24, 2.45) is 5.92 Å². The van der Waals surface area contributed by atoms with Crippen LogP contribution in [0.15, 0.2) is 24.7 Å². The van der Waals surface area contributed by atoms with Gasteiger partial charge in [0.15, 0.2) is 0 Å². The summed E-state index contributed by atoms with van der Waals surface area (Å²) >= 11 is 0. The second-order valence-electron chi connectivity index (χ2n) is 7.78. The van der Waals surface area contributed by atoms with Crippen molar-refractivity contribution in [3.8, 4) is 11.1 Å². The number of ether oxygens (including phenoxy) is 1. The van der Waals surface area contributed by atoms with Gasteiger partial charge in [-0.1, -0.05) is 0 Å². The van der Waals surface area contributed by atoms with Gasteiger partial charge in [-0.15, -0.1) is 0 Å². The van der Waals surface area contributed by atoms with Crippen LogP contribution in [0.2, 0.25) is 0 Å². The van der Waals surface area contributed by atoms with Gasteiger partial charge in [0.1, 0.15) is 5.69 Å². The maximum absolute atomic E-state index is 12.6. The molecule has 3 rings (SSSR count). The maximum Gasteiger partial charge on any atom is 0.490 e. The molecule has 0 unspecified atom stereocenters. The number of carboxylic acid groups (broad SMARTS) is 1. The number of hydrogen-bond acceptors (Lipinski definition) is 6. The third kappa shape index (κ3) is 8.37. The number of rotatable bonds is 9. The number of nitrogens with one attached hydrogen (secondary N) is 1. The molecule has 0 spiro atoms. The molecule has 9 nitrogen and oxygen atoms in total. The van der Waals surface area contributed by atoms with E-state index in [-0.39, 0.29) is 5.91 Å². The van der Waals surface area contributed by atoms with Crippen LogP contribution in [0.3, 0.4) is 0 Å². The zero-order chi connectivity index (χ0) is 24.6. The first-order valence-electron chi connectivity index (χ1n) is 10.3. The number of aromatic nitrogens is 3. The van der Waals surface area contributed by atoms with E-state index in [0.717, 1.165) is 24.1 Å². The fraction of sp³-hybridized carbons (Fsp3) is 0.524. The van der Waals surface area contributed by atoms with Gasteiger partial charge in [0.05, 0.1) is 0 Å². The zero-order valence-corrected chi connectivity index (χ0v) is 18.7. The largest absolute Gasteiger partial charge is 0.490 e.